The van der Waals surface area contributed by atoms with E-state index >= 15 is 0 Å². The molecule has 0 saturated carbocycles. The molecule has 1 saturated heterocycles. The highest BCUT2D eigenvalue weighted by Crippen LogP contribution is 2.31. The van der Waals surface area contributed by atoms with Crippen LogP contribution in [0.4, 0.5) is 13.2 Å². The maximum atomic E-state index is 12.6. The molecule has 0 aromatic carbocycles. The molecule has 0 aliphatic carbocycles. The van der Waals surface area contributed by atoms with E-state index in [1.54, 1.807) is 4.90 Å². The maximum absolute atomic E-state index is 12.6. The molecule has 1 atom stereocenters. The van der Waals surface area contributed by atoms with Crippen LogP contribution >= 0.6 is 0 Å². The molecular formula is C14H14F3N5O. The van der Waals surface area contributed by atoms with Crippen LogP contribution in [0.25, 0.3) is 0 Å². The number of hydrogen-bond acceptors (Lipinski definition) is 4. The van der Waals surface area contributed by atoms with E-state index in [0.29, 0.717) is 18.6 Å². The maximum Gasteiger partial charge on any atom is 0.417 e. The Morgan fingerprint density at radius 3 is 2.70 bits per heavy atom. The third-order valence-electron chi connectivity index (χ3n) is 3.82. The summed E-state index contributed by atoms with van der Waals surface area (Å²) in [5.74, 6) is 0.171. The van der Waals surface area contributed by atoms with Gasteiger partial charge in [0.1, 0.15) is 17.8 Å². The van der Waals surface area contributed by atoms with Gasteiger partial charge in [0, 0.05) is 12.7 Å². The first kappa shape index (κ1) is 15.4. The van der Waals surface area contributed by atoms with E-state index in [0.717, 1.165) is 31.4 Å². The number of amides is 1. The molecule has 3 heterocycles. The summed E-state index contributed by atoms with van der Waals surface area (Å²) in [7, 11) is 0. The van der Waals surface area contributed by atoms with Gasteiger partial charge in [0.05, 0.1) is 11.6 Å². The Morgan fingerprint density at radius 2 is 2.09 bits per heavy atom. The highest BCUT2D eigenvalue weighted by molar-refractivity contribution is 5.92. The molecule has 1 aliphatic rings. The van der Waals surface area contributed by atoms with E-state index in [1.807, 2.05) is 0 Å². The summed E-state index contributed by atoms with van der Waals surface area (Å²) in [5, 5.41) is 6.54. The Morgan fingerprint density at radius 1 is 1.26 bits per heavy atom. The monoisotopic (exact) mass is 325 g/mol. The summed E-state index contributed by atoms with van der Waals surface area (Å²) in [4.78, 5) is 21.9. The smallest absolute Gasteiger partial charge is 0.327 e. The SMILES string of the molecule is O=C(c1ccc(C(F)(F)F)cn1)N1CCCC[C@@H]1c1ncn[nH]1. The minimum absolute atomic E-state index is 0.00980. The van der Waals surface area contributed by atoms with E-state index in [-0.39, 0.29) is 11.7 Å². The van der Waals surface area contributed by atoms with Crippen molar-refractivity contribution in [1.29, 1.82) is 0 Å². The zero-order chi connectivity index (χ0) is 16.4. The Kier molecular flexibility index (Phi) is 4.01. The van der Waals surface area contributed by atoms with Crippen LogP contribution < -0.4 is 0 Å². The van der Waals surface area contributed by atoms with Gasteiger partial charge in [-0.25, -0.2) is 4.98 Å². The van der Waals surface area contributed by atoms with Crippen LogP contribution in [0.2, 0.25) is 0 Å². The second-order valence-electron chi connectivity index (χ2n) is 5.31. The molecule has 122 valence electrons. The molecule has 6 nitrogen and oxygen atoms in total. The average Bonchev–Trinajstić information content (AvgIpc) is 3.08. The van der Waals surface area contributed by atoms with Crippen LogP contribution in [0.3, 0.4) is 0 Å². The van der Waals surface area contributed by atoms with E-state index in [9.17, 15) is 18.0 Å². The standard InChI is InChI=1S/C14H14F3N5O/c15-14(16,17)9-4-5-10(18-7-9)13(23)22-6-2-1-3-11(22)12-19-8-20-21-12/h4-5,7-8,11H,1-3,6H2,(H,19,20,21)/t11-/m1/s1. The second-order valence-corrected chi connectivity index (χ2v) is 5.31. The second kappa shape index (κ2) is 5.98. The van der Waals surface area contributed by atoms with Gasteiger partial charge in [0.15, 0.2) is 0 Å². The van der Waals surface area contributed by atoms with Gasteiger partial charge in [-0.1, -0.05) is 0 Å². The van der Waals surface area contributed by atoms with Crippen molar-refractivity contribution in [3.63, 3.8) is 0 Å². The summed E-state index contributed by atoms with van der Waals surface area (Å²) in [6.07, 6.45) is 0.0693. The number of alkyl halides is 3. The summed E-state index contributed by atoms with van der Waals surface area (Å²) in [5.41, 5.74) is -0.885. The Labute approximate surface area is 129 Å². The third kappa shape index (κ3) is 3.17. The van der Waals surface area contributed by atoms with Gasteiger partial charge in [-0.2, -0.15) is 18.3 Å². The molecule has 9 heteroatoms. The lowest BCUT2D eigenvalue weighted by atomic mass is 10.0. The molecular weight excluding hydrogens is 311 g/mol. The number of likely N-dealkylation sites (tertiary alicyclic amines) is 1. The first-order valence-corrected chi connectivity index (χ1v) is 7.16. The number of hydrogen-bond donors (Lipinski definition) is 1. The highest BCUT2D eigenvalue weighted by Gasteiger charge is 2.33. The van der Waals surface area contributed by atoms with Gasteiger partial charge in [-0.3, -0.25) is 14.9 Å². The summed E-state index contributed by atoms with van der Waals surface area (Å²) in [6, 6.07) is 1.72. The van der Waals surface area contributed by atoms with Gasteiger partial charge in [0.2, 0.25) is 0 Å². The van der Waals surface area contributed by atoms with E-state index in [2.05, 4.69) is 20.2 Å². The number of pyridine rings is 1. The Balaban J connectivity index is 1.83. The number of carbonyl (C=O) groups is 1. The van der Waals surface area contributed by atoms with Gasteiger partial charge in [-0.05, 0) is 31.4 Å². The fourth-order valence-electron chi connectivity index (χ4n) is 2.67. The number of carbonyl (C=O) groups excluding carboxylic acids is 1. The minimum Gasteiger partial charge on any atom is -0.327 e. The first-order valence-electron chi connectivity index (χ1n) is 7.16. The van der Waals surface area contributed by atoms with E-state index in [4.69, 9.17) is 0 Å². The Bertz CT molecular complexity index is 669. The van der Waals surface area contributed by atoms with Crippen molar-refractivity contribution in [1.82, 2.24) is 25.1 Å². The zero-order valence-corrected chi connectivity index (χ0v) is 12.0. The molecule has 3 rings (SSSR count). The number of halogens is 3. The van der Waals surface area contributed by atoms with Crippen LogP contribution in [0.15, 0.2) is 24.7 Å². The van der Waals surface area contributed by atoms with Gasteiger partial charge in [-0.15, -0.1) is 0 Å². The van der Waals surface area contributed by atoms with Crippen LogP contribution in [-0.4, -0.2) is 37.5 Å². The molecule has 1 N–H and O–H groups in total. The summed E-state index contributed by atoms with van der Waals surface area (Å²) in [6.45, 7) is 0.507. The van der Waals surface area contributed by atoms with Crippen molar-refractivity contribution < 1.29 is 18.0 Å². The Hall–Kier alpha value is -2.45. The van der Waals surface area contributed by atoms with Gasteiger partial charge < -0.3 is 4.90 Å². The van der Waals surface area contributed by atoms with Crippen LogP contribution in [0, 0.1) is 0 Å². The lowest BCUT2D eigenvalue weighted by Crippen LogP contribution is -2.39. The summed E-state index contributed by atoms with van der Waals surface area (Å²) >= 11 is 0. The van der Waals surface area contributed by atoms with Crippen molar-refractivity contribution in [2.75, 3.05) is 6.54 Å². The van der Waals surface area contributed by atoms with Crippen LogP contribution in [0.1, 0.15) is 47.2 Å². The number of H-pyrrole nitrogens is 1. The minimum atomic E-state index is -4.47. The predicted molar refractivity (Wildman–Crippen MR) is 73.3 cm³/mol. The molecule has 2 aromatic rings. The molecule has 1 fully saturated rings. The quantitative estimate of drug-likeness (QED) is 0.921. The molecule has 23 heavy (non-hydrogen) atoms. The van der Waals surface area contributed by atoms with Gasteiger partial charge in [0.25, 0.3) is 5.91 Å². The fourth-order valence-corrected chi connectivity index (χ4v) is 2.67. The number of nitrogens with zero attached hydrogens (tertiary/aromatic N) is 4. The van der Waals surface area contributed by atoms with Crippen molar-refractivity contribution in [2.24, 2.45) is 0 Å². The molecule has 2 aromatic heterocycles. The lowest BCUT2D eigenvalue weighted by molar-refractivity contribution is -0.137. The molecule has 0 spiro atoms. The molecule has 0 bridgehead atoms. The largest absolute Gasteiger partial charge is 0.417 e. The molecule has 1 aliphatic heterocycles. The number of piperidine rings is 1. The fraction of sp³-hybridized carbons (Fsp3) is 0.429. The van der Waals surface area contributed by atoms with Gasteiger partial charge >= 0.3 is 6.18 Å². The van der Waals surface area contributed by atoms with Crippen molar-refractivity contribution in [3.8, 4) is 0 Å². The van der Waals surface area contributed by atoms with Crippen molar-refractivity contribution in [3.05, 3.63) is 41.7 Å². The normalized spacial score (nSPS) is 18.9. The van der Waals surface area contributed by atoms with E-state index < -0.39 is 17.6 Å². The molecule has 0 unspecified atom stereocenters. The topological polar surface area (TPSA) is 74.8 Å². The highest BCUT2D eigenvalue weighted by atomic mass is 19.4. The molecule has 0 radical (unpaired) electrons. The molecule has 1 amide bonds. The lowest BCUT2D eigenvalue weighted by Gasteiger charge is -2.34. The van der Waals surface area contributed by atoms with E-state index in [1.165, 1.54) is 6.33 Å². The number of rotatable bonds is 2. The summed E-state index contributed by atoms with van der Waals surface area (Å²) < 4.78 is 37.7. The van der Waals surface area contributed by atoms with Crippen molar-refractivity contribution >= 4 is 5.91 Å². The zero-order valence-electron chi connectivity index (χ0n) is 12.0. The third-order valence-corrected chi connectivity index (χ3v) is 3.82. The first-order chi connectivity index (χ1) is 11.0. The number of aromatic amines is 1. The number of nitrogens with one attached hydrogen (secondary N) is 1. The average molecular weight is 325 g/mol. The van der Waals surface area contributed by atoms with Crippen LogP contribution in [0.5, 0.6) is 0 Å². The van der Waals surface area contributed by atoms with Crippen molar-refractivity contribution in [2.45, 2.75) is 31.5 Å². The predicted octanol–water partition coefficient (Wildman–Crippen LogP) is 2.59. The van der Waals surface area contributed by atoms with Crippen LogP contribution in [-0.2, 0) is 6.18 Å². The number of aromatic nitrogens is 4.